The maximum atomic E-state index is 12.7. The molecule has 0 saturated carbocycles. The number of nitro benzene ring substituents is 1. The highest BCUT2D eigenvalue weighted by Crippen LogP contribution is 2.40. The average molecular weight is 421 g/mol. The van der Waals surface area contributed by atoms with Crippen molar-refractivity contribution in [2.45, 2.75) is 6.92 Å². The van der Waals surface area contributed by atoms with E-state index in [4.69, 9.17) is 16.3 Å². The fourth-order valence-corrected chi connectivity index (χ4v) is 3.48. The predicted molar refractivity (Wildman–Crippen MR) is 106 cm³/mol. The number of carbonyl (C=O) groups is 2. The van der Waals surface area contributed by atoms with Gasteiger partial charge in [0, 0.05) is 16.7 Å². The molecule has 2 aromatic rings. The molecule has 0 spiro atoms. The Morgan fingerprint density at radius 3 is 2.57 bits per heavy atom. The Morgan fingerprint density at radius 1 is 1.29 bits per heavy atom. The molecule has 0 unspecified atom stereocenters. The summed E-state index contributed by atoms with van der Waals surface area (Å²) in [6.07, 6.45) is 1.23. The lowest BCUT2D eigenvalue weighted by atomic mass is 10.1. The predicted octanol–water partition coefficient (Wildman–Crippen LogP) is 4.59. The number of nitro groups is 1. The smallest absolute Gasteiger partial charge is 0.298 e. The first-order chi connectivity index (χ1) is 13.3. The summed E-state index contributed by atoms with van der Waals surface area (Å²) in [6.45, 7) is 1.84. The largest absolute Gasteiger partial charge is 0.504 e. The number of phenolic OH excluding ortho intramolecular Hbond substituents is 1. The summed E-state index contributed by atoms with van der Waals surface area (Å²) >= 11 is 6.49. The second-order valence-electron chi connectivity index (χ2n) is 5.57. The summed E-state index contributed by atoms with van der Waals surface area (Å²) in [7, 11) is 0. The van der Waals surface area contributed by atoms with Gasteiger partial charge in [-0.2, -0.15) is 0 Å². The minimum atomic E-state index is -0.640. The third-order valence-electron chi connectivity index (χ3n) is 3.76. The number of imide groups is 1. The highest BCUT2D eigenvalue weighted by Gasteiger charge is 2.36. The second kappa shape index (κ2) is 7.91. The number of aromatic hydroxyl groups is 1. The number of hydrogen-bond donors (Lipinski definition) is 1. The van der Waals surface area contributed by atoms with Gasteiger partial charge in [-0.3, -0.25) is 19.7 Å². The fourth-order valence-electron chi connectivity index (χ4n) is 2.52. The zero-order valence-electron chi connectivity index (χ0n) is 14.4. The van der Waals surface area contributed by atoms with Gasteiger partial charge in [-0.25, -0.2) is 4.90 Å². The van der Waals surface area contributed by atoms with Crippen LogP contribution in [0, 0.1) is 10.1 Å². The van der Waals surface area contributed by atoms with Crippen molar-refractivity contribution in [3.63, 3.8) is 0 Å². The number of anilines is 1. The number of carbonyl (C=O) groups excluding carboxylic acids is 2. The van der Waals surface area contributed by atoms with Gasteiger partial charge in [0.2, 0.25) is 0 Å². The van der Waals surface area contributed by atoms with E-state index in [1.54, 1.807) is 19.1 Å². The van der Waals surface area contributed by atoms with Gasteiger partial charge in [0.1, 0.15) is 0 Å². The van der Waals surface area contributed by atoms with Crippen LogP contribution in [0.1, 0.15) is 12.5 Å². The highest BCUT2D eigenvalue weighted by molar-refractivity contribution is 8.19. The SMILES string of the molecule is CCOc1cc([N+](=O)[O-])cc(C=C2SC(=O)N(c3ccc(Cl)cc3)C2=O)c1O. The van der Waals surface area contributed by atoms with Crippen LogP contribution >= 0.6 is 23.4 Å². The van der Waals surface area contributed by atoms with Gasteiger partial charge in [0.25, 0.3) is 16.8 Å². The van der Waals surface area contributed by atoms with E-state index < -0.39 is 16.1 Å². The third kappa shape index (κ3) is 3.80. The molecule has 1 fully saturated rings. The van der Waals surface area contributed by atoms with Crippen molar-refractivity contribution >= 4 is 52.0 Å². The molecule has 0 bridgehead atoms. The summed E-state index contributed by atoms with van der Waals surface area (Å²) in [5, 5.41) is 21.4. The molecule has 10 heteroatoms. The zero-order chi connectivity index (χ0) is 20.4. The summed E-state index contributed by atoms with van der Waals surface area (Å²) in [5.41, 5.74) is 0.0252. The highest BCUT2D eigenvalue weighted by atomic mass is 35.5. The molecule has 1 aliphatic heterocycles. The first-order valence-electron chi connectivity index (χ1n) is 7.99. The van der Waals surface area contributed by atoms with Crippen molar-refractivity contribution < 1.29 is 24.4 Å². The van der Waals surface area contributed by atoms with Crippen molar-refractivity contribution in [1.82, 2.24) is 0 Å². The van der Waals surface area contributed by atoms with E-state index in [9.17, 15) is 24.8 Å². The maximum Gasteiger partial charge on any atom is 0.298 e. The average Bonchev–Trinajstić information content (AvgIpc) is 2.92. The van der Waals surface area contributed by atoms with Gasteiger partial charge in [-0.05, 0) is 49.0 Å². The summed E-state index contributed by atoms with van der Waals surface area (Å²) in [5.74, 6) is -1.05. The Hall–Kier alpha value is -3.04. The van der Waals surface area contributed by atoms with E-state index in [1.165, 1.54) is 18.2 Å². The Bertz CT molecular complexity index is 1010. The molecule has 0 aromatic heterocycles. The van der Waals surface area contributed by atoms with Gasteiger partial charge < -0.3 is 9.84 Å². The van der Waals surface area contributed by atoms with Crippen molar-refractivity contribution in [1.29, 1.82) is 0 Å². The van der Waals surface area contributed by atoms with Crippen molar-refractivity contribution in [2.24, 2.45) is 0 Å². The number of thioether (sulfide) groups is 1. The lowest BCUT2D eigenvalue weighted by Gasteiger charge is -2.12. The van der Waals surface area contributed by atoms with Gasteiger partial charge >= 0.3 is 0 Å². The standard InChI is InChI=1S/C18H13ClN2O6S/c1-2-27-14-9-13(21(25)26)7-10(16(14)22)8-15-17(23)20(18(24)28-15)12-5-3-11(19)4-6-12/h3-9,22H,2H2,1H3. The molecule has 1 aliphatic rings. The number of ether oxygens (including phenoxy) is 1. The van der Waals surface area contributed by atoms with E-state index in [-0.39, 0.29) is 34.3 Å². The van der Waals surface area contributed by atoms with Crippen molar-refractivity contribution in [2.75, 3.05) is 11.5 Å². The molecule has 8 nitrogen and oxygen atoms in total. The topological polar surface area (TPSA) is 110 Å². The molecule has 28 heavy (non-hydrogen) atoms. The molecule has 1 heterocycles. The molecule has 0 radical (unpaired) electrons. The van der Waals surface area contributed by atoms with Crippen LogP contribution in [-0.4, -0.2) is 27.8 Å². The monoisotopic (exact) mass is 420 g/mol. The van der Waals surface area contributed by atoms with Crippen LogP contribution < -0.4 is 9.64 Å². The minimum Gasteiger partial charge on any atom is -0.504 e. The molecule has 1 N–H and O–H groups in total. The summed E-state index contributed by atoms with van der Waals surface area (Å²) in [6, 6.07) is 8.35. The normalized spacial score (nSPS) is 15.4. The summed E-state index contributed by atoms with van der Waals surface area (Å²) < 4.78 is 5.22. The molecule has 0 aliphatic carbocycles. The molecule has 2 aromatic carbocycles. The first kappa shape index (κ1) is 19.7. The molecule has 144 valence electrons. The van der Waals surface area contributed by atoms with Gasteiger partial charge in [0.15, 0.2) is 11.5 Å². The molecule has 1 saturated heterocycles. The van der Waals surface area contributed by atoms with E-state index in [1.807, 2.05) is 0 Å². The van der Waals surface area contributed by atoms with Crippen LogP contribution in [0.5, 0.6) is 11.5 Å². The molecule has 3 rings (SSSR count). The van der Waals surface area contributed by atoms with E-state index in [2.05, 4.69) is 0 Å². The number of non-ortho nitro benzene ring substituents is 1. The van der Waals surface area contributed by atoms with E-state index in [0.717, 1.165) is 17.0 Å². The Labute approximate surface area is 168 Å². The Balaban J connectivity index is 2.02. The number of phenols is 1. The molecule has 0 atom stereocenters. The van der Waals surface area contributed by atoms with Crippen LogP contribution in [0.3, 0.4) is 0 Å². The molecule has 2 amide bonds. The Kier molecular flexibility index (Phi) is 5.57. The molecular weight excluding hydrogens is 408 g/mol. The maximum absolute atomic E-state index is 12.7. The van der Waals surface area contributed by atoms with Gasteiger partial charge in [-0.1, -0.05) is 11.6 Å². The van der Waals surface area contributed by atoms with Crippen LogP contribution in [-0.2, 0) is 4.79 Å². The van der Waals surface area contributed by atoms with Gasteiger partial charge in [-0.15, -0.1) is 0 Å². The van der Waals surface area contributed by atoms with Crippen molar-refractivity contribution in [3.8, 4) is 11.5 Å². The number of amides is 2. The minimum absolute atomic E-state index is 0.000689. The van der Waals surface area contributed by atoms with Crippen LogP contribution in [0.25, 0.3) is 6.08 Å². The van der Waals surface area contributed by atoms with E-state index in [0.29, 0.717) is 22.5 Å². The number of benzene rings is 2. The lowest BCUT2D eigenvalue weighted by molar-refractivity contribution is -0.385. The van der Waals surface area contributed by atoms with Gasteiger partial charge in [0.05, 0.1) is 28.2 Å². The van der Waals surface area contributed by atoms with Crippen LogP contribution in [0.4, 0.5) is 16.2 Å². The lowest BCUT2D eigenvalue weighted by Crippen LogP contribution is -2.27. The number of halogens is 1. The summed E-state index contributed by atoms with van der Waals surface area (Å²) in [4.78, 5) is 36.5. The second-order valence-corrected chi connectivity index (χ2v) is 7.00. The molecular formula is C18H13ClN2O6S. The Morgan fingerprint density at radius 2 is 1.96 bits per heavy atom. The van der Waals surface area contributed by atoms with Crippen LogP contribution in [0.2, 0.25) is 5.02 Å². The quantitative estimate of drug-likeness (QED) is 0.427. The van der Waals surface area contributed by atoms with Crippen LogP contribution in [0.15, 0.2) is 41.3 Å². The zero-order valence-corrected chi connectivity index (χ0v) is 16.0. The third-order valence-corrected chi connectivity index (χ3v) is 4.89. The fraction of sp³-hybridized carbons (Fsp3) is 0.111. The number of hydrogen-bond acceptors (Lipinski definition) is 7. The first-order valence-corrected chi connectivity index (χ1v) is 9.19. The number of nitrogens with zero attached hydrogens (tertiary/aromatic N) is 2. The van der Waals surface area contributed by atoms with E-state index >= 15 is 0 Å². The van der Waals surface area contributed by atoms with Crippen molar-refractivity contribution in [3.05, 3.63) is 62.0 Å². The number of rotatable bonds is 5.